The Morgan fingerprint density at radius 3 is 2.33 bits per heavy atom. The van der Waals surface area contributed by atoms with Crippen molar-refractivity contribution in [3.8, 4) is 11.1 Å². The monoisotopic (exact) mass is 364 g/mol. The van der Waals surface area contributed by atoms with Gasteiger partial charge >= 0.3 is 0 Å². The number of hydrogen-bond donors (Lipinski definition) is 2. The van der Waals surface area contributed by atoms with Gasteiger partial charge in [0.05, 0.1) is 10.6 Å². The van der Waals surface area contributed by atoms with Gasteiger partial charge in [-0.25, -0.2) is 0 Å². The summed E-state index contributed by atoms with van der Waals surface area (Å²) in [5.41, 5.74) is 8.51. The minimum absolute atomic E-state index is 0. The molecule has 3 N–H and O–H groups in total. The van der Waals surface area contributed by atoms with Gasteiger partial charge in [-0.1, -0.05) is 48.0 Å². The fourth-order valence-electron chi connectivity index (χ4n) is 3.04. The van der Waals surface area contributed by atoms with Crippen LogP contribution >= 0.6 is 24.0 Å². The average molecular weight is 365 g/mol. The van der Waals surface area contributed by atoms with Crippen molar-refractivity contribution in [2.24, 2.45) is 5.73 Å². The highest BCUT2D eigenvalue weighted by molar-refractivity contribution is 6.34. The van der Waals surface area contributed by atoms with Crippen LogP contribution in [0.1, 0.15) is 36.0 Å². The van der Waals surface area contributed by atoms with Gasteiger partial charge in [-0.15, -0.1) is 12.4 Å². The summed E-state index contributed by atoms with van der Waals surface area (Å²) in [6.07, 6.45) is 3.79. The fraction of sp³-hybridized carbons (Fsp3) is 0.316. The Kier molecular flexibility index (Phi) is 6.67. The Labute approximate surface area is 154 Å². The van der Waals surface area contributed by atoms with Crippen LogP contribution in [0.3, 0.4) is 0 Å². The zero-order valence-corrected chi connectivity index (χ0v) is 14.9. The lowest BCUT2D eigenvalue weighted by Gasteiger charge is -2.27. The predicted octanol–water partition coefficient (Wildman–Crippen LogP) is 4.43. The fourth-order valence-corrected chi connectivity index (χ4v) is 3.24. The smallest absolute Gasteiger partial charge is 0.253 e. The molecule has 1 aliphatic rings. The van der Waals surface area contributed by atoms with E-state index in [9.17, 15) is 4.79 Å². The molecule has 1 aliphatic carbocycles. The van der Waals surface area contributed by atoms with Crippen LogP contribution in [0.15, 0.2) is 48.5 Å². The second-order valence-electron chi connectivity index (χ2n) is 6.15. The number of halogens is 2. The van der Waals surface area contributed by atoms with Crippen LogP contribution in [0.2, 0.25) is 5.02 Å². The maximum absolute atomic E-state index is 12.6. The van der Waals surface area contributed by atoms with Gasteiger partial charge in [-0.3, -0.25) is 4.79 Å². The number of carbonyl (C=O) groups is 1. The van der Waals surface area contributed by atoms with E-state index in [1.807, 2.05) is 42.5 Å². The lowest BCUT2D eigenvalue weighted by molar-refractivity contribution is 0.0926. The molecule has 0 heterocycles. The van der Waals surface area contributed by atoms with E-state index >= 15 is 0 Å². The minimum Gasteiger partial charge on any atom is -0.349 e. The molecule has 0 saturated heterocycles. The highest BCUT2D eigenvalue weighted by atomic mass is 35.5. The Hall–Kier alpha value is -1.55. The molecule has 2 aromatic carbocycles. The maximum Gasteiger partial charge on any atom is 0.253 e. The molecule has 1 saturated carbocycles. The molecule has 1 fully saturated rings. The molecule has 0 bridgehead atoms. The molecule has 3 rings (SSSR count). The third kappa shape index (κ3) is 4.50. The van der Waals surface area contributed by atoms with Crippen LogP contribution in [-0.2, 0) is 0 Å². The van der Waals surface area contributed by atoms with Crippen molar-refractivity contribution in [2.45, 2.75) is 37.8 Å². The van der Waals surface area contributed by atoms with E-state index in [1.54, 1.807) is 6.07 Å². The first kappa shape index (κ1) is 18.8. The topological polar surface area (TPSA) is 55.1 Å². The first-order valence-electron chi connectivity index (χ1n) is 8.05. The van der Waals surface area contributed by atoms with Crippen LogP contribution in [0.25, 0.3) is 11.1 Å². The van der Waals surface area contributed by atoms with Crippen molar-refractivity contribution < 1.29 is 4.79 Å². The van der Waals surface area contributed by atoms with Gasteiger partial charge < -0.3 is 11.1 Å². The Morgan fingerprint density at radius 1 is 1.00 bits per heavy atom. The van der Waals surface area contributed by atoms with E-state index in [1.165, 1.54) is 0 Å². The van der Waals surface area contributed by atoms with Crippen molar-refractivity contribution in [1.29, 1.82) is 0 Å². The summed E-state index contributed by atoms with van der Waals surface area (Å²) in [4.78, 5) is 12.6. The van der Waals surface area contributed by atoms with E-state index < -0.39 is 0 Å². The second kappa shape index (κ2) is 8.52. The van der Waals surface area contributed by atoms with E-state index in [2.05, 4.69) is 5.32 Å². The Morgan fingerprint density at radius 2 is 1.67 bits per heavy atom. The van der Waals surface area contributed by atoms with Crippen LogP contribution < -0.4 is 11.1 Å². The van der Waals surface area contributed by atoms with Gasteiger partial charge in [0.2, 0.25) is 0 Å². The Bertz CT molecular complexity index is 683. The highest BCUT2D eigenvalue weighted by Gasteiger charge is 2.21. The standard InChI is InChI=1S/C19H21ClN2O.ClH/c20-18-11-6-14(13-4-2-1-3-5-13)12-17(18)19(23)22-16-9-7-15(21)8-10-16;/h1-6,11-12,15-16H,7-10,21H2,(H,22,23);1H. The zero-order valence-electron chi connectivity index (χ0n) is 13.4. The van der Waals surface area contributed by atoms with Crippen LogP contribution in [0.4, 0.5) is 0 Å². The van der Waals surface area contributed by atoms with Crippen LogP contribution in [-0.4, -0.2) is 18.0 Å². The van der Waals surface area contributed by atoms with Crippen LogP contribution in [0, 0.1) is 0 Å². The number of rotatable bonds is 3. The van der Waals surface area contributed by atoms with Crippen molar-refractivity contribution in [2.75, 3.05) is 0 Å². The number of hydrogen-bond acceptors (Lipinski definition) is 2. The molecule has 0 aromatic heterocycles. The van der Waals surface area contributed by atoms with Gasteiger partial charge in [0.1, 0.15) is 0 Å². The molecule has 1 amide bonds. The largest absolute Gasteiger partial charge is 0.349 e. The van der Waals surface area contributed by atoms with Gasteiger partial charge in [0.25, 0.3) is 5.91 Å². The van der Waals surface area contributed by atoms with Gasteiger partial charge in [-0.05, 0) is 48.9 Å². The van der Waals surface area contributed by atoms with E-state index in [-0.39, 0.29) is 30.4 Å². The molecule has 2 aromatic rings. The first-order chi connectivity index (χ1) is 11.1. The second-order valence-corrected chi connectivity index (χ2v) is 6.55. The molecule has 0 aliphatic heterocycles. The summed E-state index contributed by atoms with van der Waals surface area (Å²) in [7, 11) is 0. The summed E-state index contributed by atoms with van der Waals surface area (Å²) in [6.45, 7) is 0. The average Bonchev–Trinajstić information content (AvgIpc) is 2.58. The zero-order chi connectivity index (χ0) is 16.2. The molecule has 5 heteroatoms. The predicted molar refractivity (Wildman–Crippen MR) is 102 cm³/mol. The summed E-state index contributed by atoms with van der Waals surface area (Å²) in [5.74, 6) is -0.103. The maximum atomic E-state index is 12.6. The van der Waals surface area contributed by atoms with E-state index in [0.29, 0.717) is 10.6 Å². The first-order valence-corrected chi connectivity index (χ1v) is 8.42. The van der Waals surface area contributed by atoms with Gasteiger partial charge in [-0.2, -0.15) is 0 Å². The number of amides is 1. The molecule has 128 valence electrons. The van der Waals surface area contributed by atoms with Crippen molar-refractivity contribution >= 4 is 29.9 Å². The van der Waals surface area contributed by atoms with E-state index in [4.69, 9.17) is 17.3 Å². The third-order valence-corrected chi connectivity index (χ3v) is 4.75. The SMILES string of the molecule is Cl.NC1CCC(NC(=O)c2cc(-c3ccccc3)ccc2Cl)CC1. The molecular weight excluding hydrogens is 343 g/mol. The lowest BCUT2D eigenvalue weighted by Crippen LogP contribution is -2.40. The van der Waals surface area contributed by atoms with Crippen molar-refractivity contribution in [3.05, 3.63) is 59.1 Å². The third-order valence-electron chi connectivity index (χ3n) is 4.43. The quantitative estimate of drug-likeness (QED) is 0.846. The Balaban J connectivity index is 0.00000208. The molecule has 0 radical (unpaired) electrons. The molecule has 0 atom stereocenters. The number of nitrogens with one attached hydrogen (secondary N) is 1. The van der Waals surface area contributed by atoms with E-state index in [0.717, 1.165) is 36.8 Å². The number of nitrogens with two attached hydrogens (primary N) is 1. The van der Waals surface area contributed by atoms with Gasteiger partial charge in [0, 0.05) is 12.1 Å². The highest BCUT2D eigenvalue weighted by Crippen LogP contribution is 2.26. The molecule has 24 heavy (non-hydrogen) atoms. The summed E-state index contributed by atoms with van der Waals surface area (Å²) >= 11 is 6.24. The molecule has 0 spiro atoms. The van der Waals surface area contributed by atoms with Crippen LogP contribution in [0.5, 0.6) is 0 Å². The lowest BCUT2D eigenvalue weighted by atomic mass is 9.91. The number of carbonyl (C=O) groups excluding carboxylic acids is 1. The van der Waals surface area contributed by atoms with Crippen molar-refractivity contribution in [1.82, 2.24) is 5.32 Å². The normalized spacial score (nSPS) is 20.1. The summed E-state index contributed by atoms with van der Waals surface area (Å²) in [6, 6.07) is 16.0. The molecule has 3 nitrogen and oxygen atoms in total. The summed E-state index contributed by atoms with van der Waals surface area (Å²) in [5, 5.41) is 3.58. The molecular formula is C19H22Cl2N2O. The van der Waals surface area contributed by atoms with Gasteiger partial charge in [0.15, 0.2) is 0 Å². The summed E-state index contributed by atoms with van der Waals surface area (Å²) < 4.78 is 0. The molecule has 0 unspecified atom stereocenters. The minimum atomic E-state index is -0.103. The van der Waals surface area contributed by atoms with Crippen molar-refractivity contribution in [3.63, 3.8) is 0 Å². The number of benzene rings is 2.